The molecule has 0 aliphatic rings. The Labute approximate surface area is 82.2 Å². The van der Waals surface area contributed by atoms with Gasteiger partial charge in [-0.3, -0.25) is 15.0 Å². The fraction of sp³-hybridized carbons (Fsp3) is 0.100. The van der Waals surface area contributed by atoms with E-state index in [1.54, 1.807) is 0 Å². The zero-order chi connectivity index (χ0) is 11.0. The zero-order valence-corrected chi connectivity index (χ0v) is 7.86. The van der Waals surface area contributed by atoms with E-state index in [-0.39, 0.29) is 12.1 Å². The second-order valence-electron chi connectivity index (χ2n) is 2.51. The van der Waals surface area contributed by atoms with Crippen molar-refractivity contribution in [3.8, 4) is 0 Å². The van der Waals surface area contributed by atoms with E-state index in [0.29, 0.717) is 0 Å². The van der Waals surface area contributed by atoms with E-state index in [0.717, 1.165) is 5.56 Å². The number of nitrogen functional groups attached to an aromatic ring is 1. The Morgan fingerprint density at radius 3 is 2.00 bits per heavy atom. The summed E-state index contributed by atoms with van der Waals surface area (Å²) in [5.74, 6) is -0.305. The lowest BCUT2D eigenvalue weighted by Crippen LogP contribution is -2.10. The molecule has 74 valence electrons. The van der Waals surface area contributed by atoms with Crippen LogP contribution in [0.4, 0.5) is 0 Å². The Balaban J connectivity index is 0.000000292. The molecule has 4 nitrogen and oxygen atoms in total. The Morgan fingerprint density at radius 2 is 1.79 bits per heavy atom. The Morgan fingerprint density at radius 1 is 1.36 bits per heavy atom. The van der Waals surface area contributed by atoms with Crippen molar-refractivity contribution in [2.45, 2.75) is 6.92 Å². The van der Waals surface area contributed by atoms with Crippen LogP contribution in [-0.4, -0.2) is 17.9 Å². The molecule has 1 aromatic rings. The van der Waals surface area contributed by atoms with E-state index in [4.69, 9.17) is 15.9 Å². The molecule has 0 atom stereocenters. The van der Waals surface area contributed by atoms with Crippen molar-refractivity contribution >= 4 is 17.9 Å². The third-order valence-corrected chi connectivity index (χ3v) is 1.25. The van der Waals surface area contributed by atoms with Gasteiger partial charge in [-0.25, -0.2) is 0 Å². The SMILES string of the molecule is CC(=O)C=O.N=C(N)c1ccccc1. The van der Waals surface area contributed by atoms with Gasteiger partial charge in [0.1, 0.15) is 5.84 Å². The number of amidine groups is 1. The number of nitrogens with one attached hydrogen (secondary N) is 1. The summed E-state index contributed by atoms with van der Waals surface area (Å²) in [6, 6.07) is 9.23. The molecule has 0 bridgehead atoms. The number of aldehydes is 1. The minimum absolute atomic E-state index is 0.121. The van der Waals surface area contributed by atoms with Gasteiger partial charge < -0.3 is 5.73 Å². The molecule has 0 spiro atoms. The van der Waals surface area contributed by atoms with E-state index < -0.39 is 5.78 Å². The molecule has 0 aromatic heterocycles. The second-order valence-corrected chi connectivity index (χ2v) is 2.51. The van der Waals surface area contributed by atoms with Crippen LogP contribution < -0.4 is 5.73 Å². The number of benzene rings is 1. The normalized spacial score (nSPS) is 8.07. The van der Waals surface area contributed by atoms with Crippen molar-refractivity contribution in [3.05, 3.63) is 35.9 Å². The van der Waals surface area contributed by atoms with Crippen LogP contribution in [0.2, 0.25) is 0 Å². The molecule has 0 heterocycles. The van der Waals surface area contributed by atoms with Crippen LogP contribution in [0, 0.1) is 5.41 Å². The minimum Gasteiger partial charge on any atom is -0.384 e. The lowest BCUT2D eigenvalue weighted by molar-refractivity contribution is -0.128. The third-order valence-electron chi connectivity index (χ3n) is 1.25. The number of Topliss-reactive ketones (excluding diaryl/α,β-unsaturated/α-hetero) is 1. The van der Waals surface area contributed by atoms with E-state index in [1.165, 1.54) is 6.92 Å². The standard InChI is InChI=1S/C7H8N2.C3H4O2/c8-7(9)6-4-2-1-3-5-6;1-3(5)2-4/h1-5H,(H3,8,9);2H,1H3. The monoisotopic (exact) mass is 192 g/mol. The maximum Gasteiger partial charge on any atom is 0.192 e. The van der Waals surface area contributed by atoms with Gasteiger partial charge in [0.2, 0.25) is 0 Å². The van der Waals surface area contributed by atoms with E-state index in [1.807, 2.05) is 30.3 Å². The molecule has 0 saturated heterocycles. The molecule has 0 amide bonds. The quantitative estimate of drug-likeness (QED) is 0.314. The van der Waals surface area contributed by atoms with Gasteiger partial charge in [-0.15, -0.1) is 0 Å². The maximum absolute atomic E-state index is 9.44. The molecular weight excluding hydrogens is 180 g/mol. The zero-order valence-electron chi connectivity index (χ0n) is 7.86. The fourth-order valence-corrected chi connectivity index (χ4v) is 0.618. The molecule has 0 unspecified atom stereocenters. The predicted molar refractivity (Wildman–Crippen MR) is 54.2 cm³/mol. The lowest BCUT2D eigenvalue weighted by atomic mass is 10.2. The summed E-state index contributed by atoms with van der Waals surface area (Å²) in [6.07, 6.45) is 0.278. The van der Waals surface area contributed by atoms with E-state index >= 15 is 0 Å². The van der Waals surface area contributed by atoms with Gasteiger partial charge >= 0.3 is 0 Å². The topological polar surface area (TPSA) is 84.0 Å². The van der Waals surface area contributed by atoms with Crippen LogP contribution in [0.15, 0.2) is 30.3 Å². The first-order chi connectivity index (χ1) is 6.57. The van der Waals surface area contributed by atoms with Crippen molar-refractivity contribution < 1.29 is 9.59 Å². The van der Waals surface area contributed by atoms with Crippen LogP contribution in [0.5, 0.6) is 0 Å². The number of hydrogen-bond donors (Lipinski definition) is 2. The molecule has 0 radical (unpaired) electrons. The molecule has 0 saturated carbocycles. The van der Waals surface area contributed by atoms with E-state index in [9.17, 15) is 4.79 Å². The number of carbonyl (C=O) groups is 2. The molecule has 0 fully saturated rings. The number of hydrogen-bond acceptors (Lipinski definition) is 3. The van der Waals surface area contributed by atoms with Gasteiger partial charge in [0.15, 0.2) is 12.1 Å². The van der Waals surface area contributed by atoms with Gasteiger partial charge in [0.25, 0.3) is 0 Å². The molecule has 1 rings (SSSR count). The first kappa shape index (κ1) is 12.0. The minimum atomic E-state index is -0.426. The highest BCUT2D eigenvalue weighted by atomic mass is 16.2. The fourth-order valence-electron chi connectivity index (χ4n) is 0.618. The van der Waals surface area contributed by atoms with Crippen LogP contribution in [0.3, 0.4) is 0 Å². The van der Waals surface area contributed by atoms with Crippen LogP contribution in [-0.2, 0) is 9.59 Å². The Bertz CT molecular complexity index is 320. The third kappa shape index (κ3) is 5.65. The number of ketones is 1. The molecular formula is C10H12N2O2. The Hall–Kier alpha value is -1.97. The number of rotatable bonds is 2. The molecule has 3 N–H and O–H groups in total. The average molecular weight is 192 g/mol. The lowest BCUT2D eigenvalue weighted by Gasteiger charge is -1.93. The Kier molecular flexibility index (Phi) is 5.62. The van der Waals surface area contributed by atoms with Gasteiger partial charge in [-0.05, 0) is 0 Å². The van der Waals surface area contributed by atoms with Crippen molar-refractivity contribution in [3.63, 3.8) is 0 Å². The van der Waals surface area contributed by atoms with Crippen molar-refractivity contribution in [2.75, 3.05) is 0 Å². The molecule has 4 heteroatoms. The van der Waals surface area contributed by atoms with Crippen molar-refractivity contribution in [1.29, 1.82) is 5.41 Å². The summed E-state index contributed by atoms with van der Waals surface area (Å²) in [6.45, 7) is 1.22. The molecule has 0 aliphatic heterocycles. The van der Waals surface area contributed by atoms with Gasteiger partial charge in [-0.1, -0.05) is 30.3 Å². The van der Waals surface area contributed by atoms with Crippen molar-refractivity contribution in [2.24, 2.45) is 5.73 Å². The second kappa shape index (κ2) is 6.54. The number of carbonyl (C=O) groups excluding carboxylic acids is 2. The van der Waals surface area contributed by atoms with Crippen LogP contribution >= 0.6 is 0 Å². The molecule has 1 aromatic carbocycles. The van der Waals surface area contributed by atoms with Gasteiger partial charge in [-0.2, -0.15) is 0 Å². The highest BCUT2D eigenvalue weighted by molar-refractivity contribution is 6.23. The highest BCUT2D eigenvalue weighted by Crippen LogP contribution is 1.94. The summed E-state index contributed by atoms with van der Waals surface area (Å²) in [5, 5.41) is 7.01. The first-order valence-electron chi connectivity index (χ1n) is 3.93. The van der Waals surface area contributed by atoms with Gasteiger partial charge in [0, 0.05) is 12.5 Å². The maximum atomic E-state index is 9.44. The summed E-state index contributed by atoms with van der Waals surface area (Å²) in [5.41, 5.74) is 5.97. The van der Waals surface area contributed by atoms with Crippen LogP contribution in [0.25, 0.3) is 0 Å². The number of nitrogens with two attached hydrogens (primary N) is 1. The largest absolute Gasteiger partial charge is 0.384 e. The van der Waals surface area contributed by atoms with Gasteiger partial charge in [0.05, 0.1) is 0 Å². The predicted octanol–water partition coefficient (Wildman–Crippen LogP) is 0.745. The molecule has 14 heavy (non-hydrogen) atoms. The highest BCUT2D eigenvalue weighted by Gasteiger charge is 1.89. The first-order valence-corrected chi connectivity index (χ1v) is 3.93. The smallest absolute Gasteiger partial charge is 0.192 e. The molecule has 0 aliphatic carbocycles. The van der Waals surface area contributed by atoms with Crippen LogP contribution in [0.1, 0.15) is 12.5 Å². The summed E-state index contributed by atoms with van der Waals surface area (Å²) in [7, 11) is 0. The summed E-state index contributed by atoms with van der Waals surface area (Å²) in [4.78, 5) is 18.6. The van der Waals surface area contributed by atoms with Crippen molar-refractivity contribution in [1.82, 2.24) is 0 Å². The summed E-state index contributed by atoms with van der Waals surface area (Å²) < 4.78 is 0. The van der Waals surface area contributed by atoms with E-state index in [2.05, 4.69) is 0 Å². The average Bonchev–Trinajstić information content (AvgIpc) is 2.20. The summed E-state index contributed by atoms with van der Waals surface area (Å²) >= 11 is 0.